The summed E-state index contributed by atoms with van der Waals surface area (Å²) in [6.07, 6.45) is 3.43. The molecular formula is C10H17NO2. The van der Waals surface area contributed by atoms with Crippen LogP contribution in [0.3, 0.4) is 0 Å². The summed E-state index contributed by atoms with van der Waals surface area (Å²) in [5, 5.41) is 1.76. The molecule has 0 saturated carbocycles. The van der Waals surface area contributed by atoms with Crippen molar-refractivity contribution in [2.45, 2.75) is 39.2 Å². The molecule has 1 fully saturated rings. The first-order chi connectivity index (χ1) is 6.11. The molecule has 1 aliphatic rings. The fraction of sp³-hybridized carbons (Fsp3) is 0.700. The second-order valence-electron chi connectivity index (χ2n) is 3.64. The van der Waals surface area contributed by atoms with E-state index < -0.39 is 0 Å². The highest BCUT2D eigenvalue weighted by Gasteiger charge is 2.21. The van der Waals surface area contributed by atoms with Crippen molar-refractivity contribution in [3.63, 3.8) is 0 Å². The summed E-state index contributed by atoms with van der Waals surface area (Å²) in [5.74, 6) is -0.311. The Hall–Kier alpha value is -0.830. The van der Waals surface area contributed by atoms with E-state index >= 15 is 0 Å². The van der Waals surface area contributed by atoms with Gasteiger partial charge < -0.3 is 4.84 Å². The molecule has 13 heavy (non-hydrogen) atoms. The Balaban J connectivity index is 2.42. The summed E-state index contributed by atoms with van der Waals surface area (Å²) < 4.78 is 0. The van der Waals surface area contributed by atoms with Crippen LogP contribution in [0, 0.1) is 0 Å². The van der Waals surface area contributed by atoms with Gasteiger partial charge in [0.1, 0.15) is 0 Å². The van der Waals surface area contributed by atoms with Crippen molar-refractivity contribution in [1.82, 2.24) is 5.06 Å². The minimum atomic E-state index is -0.311. The van der Waals surface area contributed by atoms with E-state index in [4.69, 9.17) is 4.84 Å². The Morgan fingerprint density at radius 1 is 1.54 bits per heavy atom. The Labute approximate surface area is 79.3 Å². The standard InChI is InChI=1S/C10H17NO2/c1-8(2)10(12)13-11-7-5-4-6-9(11)3/h9H,1,4-7H2,2-3H3. The van der Waals surface area contributed by atoms with Crippen LogP contribution in [0.5, 0.6) is 0 Å². The number of nitrogens with zero attached hydrogens (tertiary/aromatic N) is 1. The Kier molecular flexibility index (Phi) is 3.48. The first-order valence-corrected chi connectivity index (χ1v) is 4.75. The van der Waals surface area contributed by atoms with Crippen molar-refractivity contribution in [3.05, 3.63) is 12.2 Å². The third-order valence-electron chi connectivity index (χ3n) is 2.29. The number of hydrogen-bond acceptors (Lipinski definition) is 3. The third kappa shape index (κ3) is 2.84. The predicted molar refractivity (Wildman–Crippen MR) is 50.9 cm³/mol. The number of carbonyl (C=O) groups is 1. The average molecular weight is 183 g/mol. The SMILES string of the molecule is C=C(C)C(=O)ON1CCCCC1C. The van der Waals surface area contributed by atoms with E-state index in [0.717, 1.165) is 19.4 Å². The Morgan fingerprint density at radius 2 is 2.23 bits per heavy atom. The van der Waals surface area contributed by atoms with Crippen molar-refractivity contribution < 1.29 is 9.63 Å². The lowest BCUT2D eigenvalue weighted by atomic mass is 10.1. The summed E-state index contributed by atoms with van der Waals surface area (Å²) in [6, 6.07) is 0.344. The van der Waals surface area contributed by atoms with Gasteiger partial charge in [-0.15, -0.1) is 5.06 Å². The largest absolute Gasteiger partial charge is 0.364 e. The minimum absolute atomic E-state index is 0.311. The van der Waals surface area contributed by atoms with E-state index in [-0.39, 0.29) is 5.97 Å². The maximum Gasteiger partial charge on any atom is 0.352 e. The fourth-order valence-electron chi connectivity index (χ4n) is 1.39. The zero-order valence-corrected chi connectivity index (χ0v) is 8.38. The molecule has 1 unspecified atom stereocenters. The highest BCUT2D eigenvalue weighted by molar-refractivity contribution is 5.86. The molecule has 1 heterocycles. The van der Waals surface area contributed by atoms with Gasteiger partial charge in [0.05, 0.1) is 0 Å². The van der Waals surface area contributed by atoms with Crippen LogP contribution in [0.2, 0.25) is 0 Å². The lowest BCUT2D eigenvalue weighted by Crippen LogP contribution is -2.39. The van der Waals surface area contributed by atoms with Crippen LogP contribution in [0.25, 0.3) is 0 Å². The lowest BCUT2D eigenvalue weighted by Gasteiger charge is -2.31. The molecule has 0 aromatic rings. The summed E-state index contributed by atoms with van der Waals surface area (Å²) in [7, 11) is 0. The topological polar surface area (TPSA) is 29.5 Å². The van der Waals surface area contributed by atoms with Crippen LogP contribution in [-0.2, 0) is 9.63 Å². The van der Waals surface area contributed by atoms with Crippen molar-refractivity contribution in [3.8, 4) is 0 Å². The monoisotopic (exact) mass is 183 g/mol. The Morgan fingerprint density at radius 3 is 2.77 bits per heavy atom. The molecule has 1 rings (SSSR count). The zero-order valence-electron chi connectivity index (χ0n) is 8.38. The second kappa shape index (κ2) is 4.42. The molecule has 1 saturated heterocycles. The van der Waals surface area contributed by atoms with Gasteiger partial charge in [-0.2, -0.15) is 0 Å². The molecule has 0 amide bonds. The number of carbonyl (C=O) groups excluding carboxylic acids is 1. The predicted octanol–water partition coefficient (Wildman–Crippen LogP) is 1.90. The van der Waals surface area contributed by atoms with Crippen LogP contribution in [0.15, 0.2) is 12.2 Å². The van der Waals surface area contributed by atoms with Gasteiger partial charge in [0.2, 0.25) is 0 Å². The van der Waals surface area contributed by atoms with Crippen molar-refractivity contribution in [1.29, 1.82) is 0 Å². The maximum absolute atomic E-state index is 11.2. The smallest absolute Gasteiger partial charge is 0.352 e. The van der Waals surface area contributed by atoms with Crippen LogP contribution >= 0.6 is 0 Å². The van der Waals surface area contributed by atoms with E-state index in [1.165, 1.54) is 6.42 Å². The van der Waals surface area contributed by atoms with Crippen molar-refractivity contribution in [2.75, 3.05) is 6.54 Å². The summed E-state index contributed by atoms with van der Waals surface area (Å²) in [6.45, 7) is 8.13. The molecule has 3 nitrogen and oxygen atoms in total. The number of rotatable bonds is 2. The van der Waals surface area contributed by atoms with Gasteiger partial charge in [0.15, 0.2) is 0 Å². The fourth-order valence-corrected chi connectivity index (χ4v) is 1.39. The van der Waals surface area contributed by atoms with E-state index in [2.05, 4.69) is 13.5 Å². The van der Waals surface area contributed by atoms with Gasteiger partial charge in [0.25, 0.3) is 0 Å². The van der Waals surface area contributed by atoms with E-state index in [1.807, 2.05) is 0 Å². The molecule has 0 aromatic carbocycles. The maximum atomic E-state index is 11.2. The third-order valence-corrected chi connectivity index (χ3v) is 2.29. The van der Waals surface area contributed by atoms with Gasteiger partial charge >= 0.3 is 5.97 Å². The average Bonchev–Trinajstić information content (AvgIpc) is 2.08. The van der Waals surface area contributed by atoms with Crippen LogP contribution in [-0.4, -0.2) is 23.6 Å². The minimum Gasteiger partial charge on any atom is -0.364 e. The van der Waals surface area contributed by atoms with Crippen LogP contribution in [0.4, 0.5) is 0 Å². The quantitative estimate of drug-likeness (QED) is 0.612. The summed E-state index contributed by atoms with van der Waals surface area (Å²) in [5.41, 5.74) is 0.456. The van der Waals surface area contributed by atoms with Gasteiger partial charge in [-0.1, -0.05) is 13.0 Å². The van der Waals surface area contributed by atoms with Crippen molar-refractivity contribution in [2.24, 2.45) is 0 Å². The zero-order chi connectivity index (χ0) is 9.84. The molecule has 1 aliphatic heterocycles. The number of hydroxylamine groups is 2. The van der Waals surface area contributed by atoms with E-state index in [1.54, 1.807) is 12.0 Å². The van der Waals surface area contributed by atoms with Gasteiger partial charge in [0, 0.05) is 18.2 Å². The molecule has 74 valence electrons. The normalized spacial score (nSPS) is 24.0. The van der Waals surface area contributed by atoms with Crippen LogP contribution in [0.1, 0.15) is 33.1 Å². The first-order valence-electron chi connectivity index (χ1n) is 4.75. The lowest BCUT2D eigenvalue weighted by molar-refractivity contribution is -0.201. The molecule has 0 spiro atoms. The van der Waals surface area contributed by atoms with Gasteiger partial charge in [-0.05, 0) is 26.7 Å². The molecule has 0 bridgehead atoms. The van der Waals surface area contributed by atoms with Crippen LogP contribution < -0.4 is 0 Å². The van der Waals surface area contributed by atoms with E-state index in [0.29, 0.717) is 11.6 Å². The highest BCUT2D eigenvalue weighted by atomic mass is 16.7. The molecule has 0 aromatic heterocycles. The number of hydrogen-bond donors (Lipinski definition) is 0. The second-order valence-corrected chi connectivity index (χ2v) is 3.64. The summed E-state index contributed by atoms with van der Waals surface area (Å²) in [4.78, 5) is 16.4. The molecular weight excluding hydrogens is 166 g/mol. The van der Waals surface area contributed by atoms with Gasteiger partial charge in [-0.3, -0.25) is 0 Å². The van der Waals surface area contributed by atoms with Crippen molar-refractivity contribution >= 4 is 5.97 Å². The number of piperidine rings is 1. The molecule has 0 N–H and O–H groups in total. The summed E-state index contributed by atoms with van der Waals surface area (Å²) >= 11 is 0. The molecule has 0 aliphatic carbocycles. The Bertz CT molecular complexity index is 213. The van der Waals surface area contributed by atoms with E-state index in [9.17, 15) is 4.79 Å². The van der Waals surface area contributed by atoms with Gasteiger partial charge in [-0.25, -0.2) is 4.79 Å². The highest BCUT2D eigenvalue weighted by Crippen LogP contribution is 2.17. The molecule has 0 radical (unpaired) electrons. The molecule has 3 heteroatoms. The first kappa shape index (κ1) is 10.3. The molecule has 1 atom stereocenters.